The first kappa shape index (κ1) is 19.1. The van der Waals surface area contributed by atoms with Gasteiger partial charge in [-0.2, -0.15) is 0 Å². The van der Waals surface area contributed by atoms with Crippen molar-refractivity contribution in [1.82, 2.24) is 4.57 Å². The third-order valence-corrected chi connectivity index (χ3v) is 8.10. The van der Waals surface area contributed by atoms with E-state index >= 15 is 0 Å². The van der Waals surface area contributed by atoms with Gasteiger partial charge in [0, 0.05) is 41.1 Å². The van der Waals surface area contributed by atoms with Crippen molar-refractivity contribution in [3.8, 4) is 16.8 Å². The number of halogens is 1. The van der Waals surface area contributed by atoms with Crippen LogP contribution < -0.4 is 0 Å². The van der Waals surface area contributed by atoms with Crippen LogP contribution in [0, 0.1) is 0 Å². The van der Waals surface area contributed by atoms with Gasteiger partial charge in [-0.15, -0.1) is 11.3 Å². The fraction of sp³-hybridized carbons (Fsp3) is 0. The highest BCUT2D eigenvalue weighted by molar-refractivity contribution is 9.10. The summed E-state index contributed by atoms with van der Waals surface area (Å²) in [7, 11) is 0. The Hall–Kier alpha value is -3.40. The molecule has 0 aliphatic carbocycles. The summed E-state index contributed by atoms with van der Waals surface area (Å²) in [4.78, 5) is 0. The monoisotopic (exact) mass is 503 g/mol. The lowest BCUT2D eigenvalue weighted by atomic mass is 10.0. The van der Waals surface area contributed by atoms with E-state index in [0.29, 0.717) is 0 Å². The zero-order chi connectivity index (χ0) is 21.9. The van der Waals surface area contributed by atoms with Crippen LogP contribution in [-0.2, 0) is 0 Å². The van der Waals surface area contributed by atoms with Crippen molar-refractivity contribution < 1.29 is 0 Å². The fourth-order valence-electron chi connectivity index (χ4n) is 4.94. The summed E-state index contributed by atoms with van der Waals surface area (Å²) < 4.78 is 6.14. The van der Waals surface area contributed by atoms with Gasteiger partial charge in [-0.05, 0) is 71.8 Å². The van der Waals surface area contributed by atoms with Crippen molar-refractivity contribution >= 4 is 69.2 Å². The Morgan fingerprint density at radius 3 is 2.00 bits per heavy atom. The zero-order valence-electron chi connectivity index (χ0n) is 17.6. The normalized spacial score (nSPS) is 11.8. The largest absolute Gasteiger partial charge is 0.309 e. The Morgan fingerprint density at radius 2 is 1.15 bits per heavy atom. The summed E-state index contributed by atoms with van der Waals surface area (Å²) in [5.41, 5.74) is 6.12. The predicted octanol–water partition coefficient (Wildman–Crippen LogP) is 9.58. The second-order valence-electron chi connectivity index (χ2n) is 8.37. The van der Waals surface area contributed by atoms with Gasteiger partial charge in [0.15, 0.2) is 0 Å². The number of rotatable bonds is 2. The zero-order valence-corrected chi connectivity index (χ0v) is 20.0. The van der Waals surface area contributed by atoms with E-state index in [1.54, 1.807) is 0 Å². The van der Waals surface area contributed by atoms with Crippen LogP contribution in [-0.4, -0.2) is 4.57 Å². The van der Waals surface area contributed by atoms with Crippen molar-refractivity contribution in [3.05, 3.63) is 114 Å². The predicted molar refractivity (Wildman–Crippen MR) is 147 cm³/mol. The molecule has 33 heavy (non-hydrogen) atoms. The quantitative estimate of drug-likeness (QED) is 0.221. The molecule has 0 unspecified atom stereocenters. The van der Waals surface area contributed by atoms with Gasteiger partial charge in [0.2, 0.25) is 0 Å². The number of hydrogen-bond acceptors (Lipinski definition) is 1. The molecule has 0 radical (unpaired) electrons. The van der Waals surface area contributed by atoms with Gasteiger partial charge in [-0.3, -0.25) is 0 Å². The SMILES string of the molecule is Brc1ccc2c(c1)c1cc(-c3ccc4sc5ccccc5c4c3)ccc1n2-c1ccccc1. The first-order chi connectivity index (χ1) is 16.3. The molecule has 1 nitrogen and oxygen atoms in total. The van der Waals surface area contributed by atoms with E-state index in [4.69, 9.17) is 0 Å². The van der Waals surface area contributed by atoms with Crippen LogP contribution in [0.5, 0.6) is 0 Å². The lowest BCUT2D eigenvalue weighted by molar-refractivity contribution is 1.18. The number of thiophene rings is 1. The Bertz CT molecular complexity index is 1830. The molecule has 7 aromatic rings. The topological polar surface area (TPSA) is 4.93 Å². The van der Waals surface area contributed by atoms with E-state index < -0.39 is 0 Å². The molecule has 0 atom stereocenters. The standard InChI is InChI=1S/C30H18BrNS/c31-21-12-14-28-25(18-21)24-16-19(10-13-27(24)32(28)22-6-2-1-3-7-22)20-11-15-30-26(17-20)23-8-4-5-9-29(23)33-30/h1-18H. The second-order valence-corrected chi connectivity index (χ2v) is 10.4. The van der Waals surface area contributed by atoms with Crippen molar-refractivity contribution in [2.75, 3.05) is 0 Å². The summed E-state index contributed by atoms with van der Waals surface area (Å²) in [5, 5.41) is 5.20. The molecule has 0 aliphatic rings. The van der Waals surface area contributed by atoms with Gasteiger partial charge in [0.05, 0.1) is 11.0 Å². The van der Waals surface area contributed by atoms with Gasteiger partial charge in [-0.1, -0.05) is 64.5 Å². The molecule has 0 N–H and O–H groups in total. The molecule has 3 heteroatoms. The molecule has 0 fully saturated rings. The average Bonchev–Trinajstić information content (AvgIpc) is 3.39. The Labute approximate surface area is 203 Å². The number of fused-ring (bicyclic) bond motifs is 6. The molecule has 156 valence electrons. The summed E-state index contributed by atoms with van der Waals surface area (Å²) in [6.07, 6.45) is 0. The molecular formula is C30H18BrNS. The molecule has 0 saturated carbocycles. The van der Waals surface area contributed by atoms with Crippen molar-refractivity contribution in [3.63, 3.8) is 0 Å². The molecule has 0 saturated heterocycles. The average molecular weight is 504 g/mol. The highest BCUT2D eigenvalue weighted by Crippen LogP contribution is 2.39. The minimum atomic E-state index is 1.10. The van der Waals surface area contributed by atoms with E-state index in [2.05, 4.69) is 130 Å². The number of para-hydroxylation sites is 1. The molecule has 7 rings (SSSR count). The van der Waals surface area contributed by atoms with Crippen LogP contribution in [0.4, 0.5) is 0 Å². The minimum Gasteiger partial charge on any atom is -0.309 e. The highest BCUT2D eigenvalue weighted by atomic mass is 79.9. The molecular weight excluding hydrogens is 486 g/mol. The first-order valence-corrected chi connectivity index (χ1v) is 12.6. The maximum absolute atomic E-state index is 3.68. The van der Waals surface area contributed by atoms with Crippen molar-refractivity contribution in [1.29, 1.82) is 0 Å². The number of benzene rings is 5. The van der Waals surface area contributed by atoms with Crippen LogP contribution in [0.15, 0.2) is 114 Å². The molecule has 0 spiro atoms. The molecule has 0 aliphatic heterocycles. The Morgan fingerprint density at radius 1 is 0.515 bits per heavy atom. The summed E-state index contributed by atoms with van der Waals surface area (Å²) >= 11 is 5.55. The third-order valence-electron chi connectivity index (χ3n) is 6.45. The second kappa shape index (κ2) is 7.31. The number of nitrogens with zero attached hydrogens (tertiary/aromatic N) is 1. The Balaban J connectivity index is 1.50. The third kappa shape index (κ3) is 2.97. The van der Waals surface area contributed by atoms with Crippen molar-refractivity contribution in [2.24, 2.45) is 0 Å². The first-order valence-electron chi connectivity index (χ1n) is 11.0. The van der Waals surface area contributed by atoms with Gasteiger partial charge in [-0.25, -0.2) is 0 Å². The molecule has 0 bridgehead atoms. The van der Waals surface area contributed by atoms with E-state index in [1.807, 2.05) is 11.3 Å². The van der Waals surface area contributed by atoms with E-state index in [0.717, 1.165) is 4.47 Å². The van der Waals surface area contributed by atoms with Crippen LogP contribution in [0.25, 0.3) is 58.8 Å². The Kier molecular flexibility index (Phi) is 4.23. The summed E-state index contributed by atoms with van der Waals surface area (Å²) in [6.45, 7) is 0. The van der Waals surface area contributed by atoms with Crippen LogP contribution in [0.1, 0.15) is 0 Å². The van der Waals surface area contributed by atoms with Gasteiger partial charge < -0.3 is 4.57 Å². The lowest BCUT2D eigenvalue weighted by Gasteiger charge is -2.08. The van der Waals surface area contributed by atoms with Crippen LogP contribution >= 0.6 is 27.3 Å². The molecule has 5 aromatic carbocycles. The highest BCUT2D eigenvalue weighted by Gasteiger charge is 2.14. The molecule has 2 aromatic heterocycles. The van der Waals surface area contributed by atoms with Crippen molar-refractivity contribution in [2.45, 2.75) is 0 Å². The summed E-state index contributed by atoms with van der Waals surface area (Å²) in [5.74, 6) is 0. The lowest BCUT2D eigenvalue weighted by Crippen LogP contribution is -1.92. The van der Waals surface area contributed by atoms with Crippen LogP contribution in [0.2, 0.25) is 0 Å². The minimum absolute atomic E-state index is 1.10. The van der Waals surface area contributed by atoms with E-state index in [9.17, 15) is 0 Å². The number of hydrogen-bond donors (Lipinski definition) is 0. The smallest absolute Gasteiger partial charge is 0.0541 e. The van der Waals surface area contributed by atoms with Gasteiger partial charge in [0.1, 0.15) is 0 Å². The fourth-order valence-corrected chi connectivity index (χ4v) is 6.38. The van der Waals surface area contributed by atoms with Gasteiger partial charge in [0.25, 0.3) is 0 Å². The maximum Gasteiger partial charge on any atom is 0.0541 e. The van der Waals surface area contributed by atoms with Gasteiger partial charge >= 0.3 is 0 Å². The number of aromatic nitrogens is 1. The molecule has 0 amide bonds. The maximum atomic E-state index is 3.68. The van der Waals surface area contributed by atoms with E-state index in [1.165, 1.54) is 58.8 Å². The summed E-state index contributed by atoms with van der Waals surface area (Å²) in [6, 6.07) is 39.6. The van der Waals surface area contributed by atoms with Crippen LogP contribution in [0.3, 0.4) is 0 Å². The van der Waals surface area contributed by atoms with E-state index in [-0.39, 0.29) is 0 Å². The molecule has 2 heterocycles.